The van der Waals surface area contributed by atoms with Crippen molar-refractivity contribution in [3.8, 4) is 0 Å². The Labute approximate surface area is 182 Å². The third kappa shape index (κ3) is 2.94. The van der Waals surface area contributed by atoms with Gasteiger partial charge in [0, 0.05) is 11.1 Å². The first-order valence-electron chi connectivity index (χ1n) is 10.7. The molecule has 0 saturated carbocycles. The molecule has 0 fully saturated rings. The first-order valence-corrected chi connectivity index (χ1v) is 10.7. The number of aryl methyl sites for hydroxylation is 3. The van der Waals surface area contributed by atoms with E-state index in [0.29, 0.717) is 36.2 Å². The summed E-state index contributed by atoms with van der Waals surface area (Å²) in [6, 6.07) is 21.0. The van der Waals surface area contributed by atoms with E-state index in [0.717, 1.165) is 22.3 Å². The molecular formula is C27H25NO3. The quantitative estimate of drug-likeness (QED) is 0.691. The summed E-state index contributed by atoms with van der Waals surface area (Å²) in [5, 5.41) is 11.9. The number of hydrogen-bond acceptors (Lipinski definition) is 3. The maximum absolute atomic E-state index is 13.8. The monoisotopic (exact) mass is 411 g/mol. The van der Waals surface area contributed by atoms with Crippen molar-refractivity contribution in [1.82, 2.24) is 0 Å². The van der Waals surface area contributed by atoms with Gasteiger partial charge >= 0.3 is 0 Å². The van der Waals surface area contributed by atoms with Crippen molar-refractivity contribution in [3.63, 3.8) is 0 Å². The number of carbonyl (C=O) groups is 2. The molecule has 0 spiro atoms. The number of amides is 1. The Bertz CT molecular complexity index is 1210. The van der Waals surface area contributed by atoms with Crippen molar-refractivity contribution < 1.29 is 14.7 Å². The first-order chi connectivity index (χ1) is 14.9. The van der Waals surface area contributed by atoms with Gasteiger partial charge in [0.25, 0.3) is 5.91 Å². The molecule has 1 aliphatic heterocycles. The van der Waals surface area contributed by atoms with E-state index >= 15 is 0 Å². The predicted molar refractivity (Wildman–Crippen MR) is 120 cm³/mol. The fourth-order valence-electron chi connectivity index (χ4n) is 5.09. The fraction of sp³-hybridized carbons (Fsp3) is 0.259. The number of Topliss-reactive ketones (excluding diaryl/α,β-unsaturated/α-hetero) is 1. The second kappa shape index (κ2) is 7.17. The maximum Gasteiger partial charge on any atom is 0.264 e. The van der Waals surface area contributed by atoms with Crippen molar-refractivity contribution in [2.24, 2.45) is 5.92 Å². The van der Waals surface area contributed by atoms with Gasteiger partial charge in [0.05, 0.1) is 18.2 Å². The van der Waals surface area contributed by atoms with Crippen molar-refractivity contribution in [1.29, 1.82) is 0 Å². The van der Waals surface area contributed by atoms with Crippen molar-refractivity contribution in [2.45, 2.75) is 38.8 Å². The van der Waals surface area contributed by atoms with E-state index in [-0.39, 0.29) is 5.78 Å². The molecule has 4 heteroatoms. The van der Waals surface area contributed by atoms with E-state index < -0.39 is 17.4 Å². The van der Waals surface area contributed by atoms with Crippen LogP contribution >= 0.6 is 0 Å². The van der Waals surface area contributed by atoms with Gasteiger partial charge in [0.15, 0.2) is 11.4 Å². The molecule has 1 heterocycles. The van der Waals surface area contributed by atoms with Crippen molar-refractivity contribution in [2.75, 3.05) is 4.90 Å². The molecule has 3 aromatic carbocycles. The van der Waals surface area contributed by atoms with Gasteiger partial charge in [0.2, 0.25) is 0 Å². The summed E-state index contributed by atoms with van der Waals surface area (Å²) in [5.74, 6) is -1.35. The highest BCUT2D eigenvalue weighted by Gasteiger charge is 2.57. The Morgan fingerprint density at radius 1 is 1.00 bits per heavy atom. The van der Waals surface area contributed by atoms with Crippen LogP contribution < -0.4 is 4.90 Å². The number of fused-ring (bicyclic) bond motifs is 2. The lowest BCUT2D eigenvalue weighted by atomic mass is 9.71. The number of carbonyl (C=O) groups excluding carboxylic acids is 2. The Hall–Kier alpha value is -3.24. The summed E-state index contributed by atoms with van der Waals surface area (Å²) >= 11 is 0. The molecular weight excluding hydrogens is 386 g/mol. The molecule has 156 valence electrons. The molecule has 5 rings (SSSR count). The van der Waals surface area contributed by atoms with Gasteiger partial charge in [-0.25, -0.2) is 0 Å². The minimum atomic E-state index is -1.85. The zero-order valence-corrected chi connectivity index (χ0v) is 17.8. The Balaban J connectivity index is 1.58. The highest BCUT2D eigenvalue weighted by molar-refractivity contribution is 6.12. The van der Waals surface area contributed by atoms with Gasteiger partial charge < -0.3 is 10.0 Å². The van der Waals surface area contributed by atoms with Gasteiger partial charge in [-0.1, -0.05) is 66.2 Å². The molecule has 2 atom stereocenters. The van der Waals surface area contributed by atoms with Crippen LogP contribution in [0.25, 0.3) is 0 Å². The maximum atomic E-state index is 13.8. The predicted octanol–water partition coefficient (Wildman–Crippen LogP) is 4.48. The summed E-state index contributed by atoms with van der Waals surface area (Å²) in [6.07, 6.45) is 1.12. The average Bonchev–Trinajstić information content (AvgIpc) is 2.99. The molecule has 0 saturated heterocycles. The molecule has 1 aliphatic carbocycles. The van der Waals surface area contributed by atoms with E-state index in [2.05, 4.69) is 6.07 Å². The van der Waals surface area contributed by atoms with Crippen LogP contribution in [0.1, 0.15) is 44.6 Å². The van der Waals surface area contributed by atoms with Crippen LogP contribution in [0.4, 0.5) is 5.69 Å². The lowest BCUT2D eigenvalue weighted by molar-refractivity contribution is -0.140. The van der Waals surface area contributed by atoms with Crippen LogP contribution in [0.3, 0.4) is 0 Å². The third-order valence-corrected chi connectivity index (χ3v) is 6.82. The highest BCUT2D eigenvalue weighted by atomic mass is 16.3. The van der Waals surface area contributed by atoms with E-state index in [9.17, 15) is 14.7 Å². The number of aliphatic hydroxyl groups is 1. The molecule has 4 nitrogen and oxygen atoms in total. The highest BCUT2D eigenvalue weighted by Crippen LogP contribution is 2.48. The van der Waals surface area contributed by atoms with Crippen LogP contribution in [-0.4, -0.2) is 16.8 Å². The lowest BCUT2D eigenvalue weighted by Gasteiger charge is -2.34. The molecule has 0 bridgehead atoms. The van der Waals surface area contributed by atoms with Crippen molar-refractivity contribution in [3.05, 3.63) is 100 Å². The molecule has 1 amide bonds. The zero-order valence-electron chi connectivity index (χ0n) is 17.8. The minimum Gasteiger partial charge on any atom is -0.375 e. The number of hydrogen-bond donors (Lipinski definition) is 1. The minimum absolute atomic E-state index is 0.152. The topological polar surface area (TPSA) is 57.6 Å². The lowest BCUT2D eigenvalue weighted by Crippen LogP contribution is -2.49. The second-order valence-electron chi connectivity index (χ2n) is 8.72. The summed E-state index contributed by atoms with van der Waals surface area (Å²) in [5.41, 5.74) is 4.21. The number of ketones is 1. The van der Waals surface area contributed by atoms with Crippen LogP contribution in [-0.2, 0) is 23.4 Å². The Kier molecular flexibility index (Phi) is 4.56. The number of para-hydroxylation sites is 1. The first kappa shape index (κ1) is 19.7. The summed E-state index contributed by atoms with van der Waals surface area (Å²) in [6.45, 7) is 4.41. The normalized spacial score (nSPS) is 22.4. The third-order valence-electron chi connectivity index (χ3n) is 6.82. The fourth-order valence-corrected chi connectivity index (χ4v) is 5.09. The smallest absolute Gasteiger partial charge is 0.264 e. The van der Waals surface area contributed by atoms with Crippen LogP contribution in [0.2, 0.25) is 0 Å². The molecule has 0 aromatic heterocycles. The zero-order chi connectivity index (χ0) is 21.8. The van der Waals surface area contributed by atoms with E-state index in [1.54, 1.807) is 17.0 Å². The Morgan fingerprint density at radius 3 is 2.58 bits per heavy atom. The SMILES string of the molecule is Cc1ccc(C)c(CN2C(=O)[C@](O)([C@@H]3CCc4ccccc4C3=O)c3ccccc32)c1. The summed E-state index contributed by atoms with van der Waals surface area (Å²) < 4.78 is 0. The van der Waals surface area contributed by atoms with Crippen LogP contribution in [0.15, 0.2) is 66.7 Å². The Morgan fingerprint density at radius 2 is 1.74 bits per heavy atom. The van der Waals surface area contributed by atoms with Gasteiger partial charge in [0.1, 0.15) is 0 Å². The summed E-state index contributed by atoms with van der Waals surface area (Å²) in [4.78, 5) is 28.8. The molecule has 0 radical (unpaired) electrons. The number of rotatable bonds is 3. The number of anilines is 1. The molecule has 1 N–H and O–H groups in total. The molecule has 0 unspecified atom stereocenters. The molecule has 31 heavy (non-hydrogen) atoms. The van der Waals surface area contributed by atoms with Gasteiger partial charge in [-0.2, -0.15) is 0 Å². The summed E-state index contributed by atoms with van der Waals surface area (Å²) in [7, 11) is 0. The largest absolute Gasteiger partial charge is 0.375 e. The van der Waals surface area contributed by atoms with E-state index in [4.69, 9.17) is 0 Å². The van der Waals surface area contributed by atoms with E-state index in [1.807, 2.05) is 62.4 Å². The van der Waals surface area contributed by atoms with Gasteiger partial charge in [-0.15, -0.1) is 0 Å². The standard InChI is InChI=1S/C27H25NO3/c1-17-11-12-18(2)20(15-17)16-28-24-10-6-5-9-22(24)27(31,26(28)30)23-14-13-19-7-3-4-8-21(19)25(23)29/h3-12,15,23,31H,13-14,16H2,1-2H3/t23-,27-/m1/s1. The van der Waals surface area contributed by atoms with E-state index in [1.165, 1.54) is 0 Å². The molecule has 2 aliphatic rings. The van der Waals surface area contributed by atoms with Crippen molar-refractivity contribution >= 4 is 17.4 Å². The van der Waals surface area contributed by atoms with Gasteiger partial charge in [-0.05, 0) is 49.4 Å². The average molecular weight is 412 g/mol. The van der Waals surface area contributed by atoms with Crippen LogP contribution in [0.5, 0.6) is 0 Å². The van der Waals surface area contributed by atoms with Gasteiger partial charge in [-0.3, -0.25) is 9.59 Å². The number of benzene rings is 3. The van der Waals surface area contributed by atoms with Crippen LogP contribution in [0, 0.1) is 19.8 Å². The molecule has 3 aromatic rings. The number of nitrogens with zero attached hydrogens (tertiary/aromatic N) is 1. The second-order valence-corrected chi connectivity index (χ2v) is 8.72.